The van der Waals surface area contributed by atoms with Crippen molar-refractivity contribution in [3.05, 3.63) is 59.4 Å². The van der Waals surface area contributed by atoms with Crippen LogP contribution in [-0.4, -0.2) is 35.7 Å². The molecule has 1 atom stereocenters. The quantitative estimate of drug-likeness (QED) is 0.555. The molecule has 1 aromatic heterocycles. The van der Waals surface area contributed by atoms with Crippen molar-refractivity contribution in [3.63, 3.8) is 0 Å². The Balaban J connectivity index is 1.35. The van der Waals surface area contributed by atoms with Gasteiger partial charge < -0.3 is 18.8 Å². The average molecular weight is 428 g/mol. The summed E-state index contributed by atoms with van der Waals surface area (Å²) in [6.07, 6.45) is 0.0793. The number of methoxy groups -OCH3 is 1. The van der Waals surface area contributed by atoms with Crippen LogP contribution in [0.2, 0.25) is 5.02 Å². The fourth-order valence-corrected chi connectivity index (χ4v) is 3.29. The van der Waals surface area contributed by atoms with Crippen molar-refractivity contribution in [1.82, 2.24) is 10.2 Å². The number of hydrogen-bond acceptors (Lipinski definition) is 7. The number of esters is 1. The smallest absolute Gasteiger partial charge is 0.311 e. The predicted octanol–water partition coefficient (Wildman–Crippen LogP) is 3.49. The summed E-state index contributed by atoms with van der Waals surface area (Å²) in [7, 11) is 1.56. The van der Waals surface area contributed by atoms with Gasteiger partial charge in [0, 0.05) is 35.3 Å². The van der Waals surface area contributed by atoms with Gasteiger partial charge in [0.15, 0.2) is 6.61 Å². The average Bonchev–Trinajstić information content (AvgIpc) is 3.39. The first-order valence-electron chi connectivity index (χ1n) is 9.23. The molecule has 4 rings (SSSR count). The first-order chi connectivity index (χ1) is 14.5. The highest BCUT2D eigenvalue weighted by Gasteiger charge is 2.36. The van der Waals surface area contributed by atoms with Crippen molar-refractivity contribution in [1.29, 1.82) is 0 Å². The molecule has 1 amide bonds. The van der Waals surface area contributed by atoms with Crippen LogP contribution in [-0.2, 0) is 20.9 Å². The molecule has 30 heavy (non-hydrogen) atoms. The van der Waals surface area contributed by atoms with E-state index in [9.17, 15) is 9.59 Å². The first-order valence-corrected chi connectivity index (χ1v) is 9.60. The number of aromatic nitrogens is 2. The van der Waals surface area contributed by atoms with E-state index in [-0.39, 0.29) is 31.4 Å². The van der Waals surface area contributed by atoms with Crippen molar-refractivity contribution >= 4 is 29.2 Å². The second-order valence-electron chi connectivity index (χ2n) is 6.72. The lowest BCUT2D eigenvalue weighted by atomic mass is 10.1. The lowest BCUT2D eigenvalue weighted by Crippen LogP contribution is -2.26. The topological polar surface area (TPSA) is 94.8 Å². The van der Waals surface area contributed by atoms with E-state index in [4.69, 9.17) is 25.5 Å². The Kier molecular flexibility index (Phi) is 5.67. The number of anilines is 1. The van der Waals surface area contributed by atoms with E-state index < -0.39 is 11.9 Å². The van der Waals surface area contributed by atoms with Crippen LogP contribution >= 0.6 is 11.6 Å². The van der Waals surface area contributed by atoms with E-state index in [1.165, 1.54) is 0 Å². The van der Waals surface area contributed by atoms with Crippen LogP contribution in [0.15, 0.2) is 52.9 Å². The van der Waals surface area contributed by atoms with Gasteiger partial charge in [-0.3, -0.25) is 9.59 Å². The number of carbonyl (C=O) groups excluding carboxylic acids is 2. The highest BCUT2D eigenvalue weighted by molar-refractivity contribution is 6.30. The van der Waals surface area contributed by atoms with Gasteiger partial charge in [0.2, 0.25) is 11.8 Å². The van der Waals surface area contributed by atoms with Gasteiger partial charge in [-0.25, -0.2) is 0 Å². The highest BCUT2D eigenvalue weighted by atomic mass is 35.5. The molecule has 1 saturated heterocycles. The maximum atomic E-state index is 12.4. The van der Waals surface area contributed by atoms with Crippen LogP contribution in [0.25, 0.3) is 11.5 Å². The minimum atomic E-state index is -0.567. The fourth-order valence-electron chi connectivity index (χ4n) is 3.17. The second kappa shape index (κ2) is 8.54. The van der Waals surface area contributed by atoms with Crippen LogP contribution in [0, 0.1) is 5.92 Å². The Morgan fingerprint density at radius 3 is 2.80 bits per heavy atom. The normalized spacial score (nSPS) is 16.0. The third-order valence-electron chi connectivity index (χ3n) is 4.72. The monoisotopic (exact) mass is 427 g/mol. The number of carbonyl (C=O) groups is 2. The Hall–Kier alpha value is -3.39. The zero-order valence-corrected chi connectivity index (χ0v) is 16.8. The van der Waals surface area contributed by atoms with Crippen molar-refractivity contribution in [2.45, 2.75) is 13.0 Å². The molecule has 0 N–H and O–H groups in total. The molecule has 0 bridgehead atoms. The Morgan fingerprint density at radius 2 is 2.03 bits per heavy atom. The predicted molar refractivity (Wildman–Crippen MR) is 108 cm³/mol. The summed E-state index contributed by atoms with van der Waals surface area (Å²) in [6, 6.07) is 14.1. The summed E-state index contributed by atoms with van der Waals surface area (Å²) >= 11 is 5.87. The molecule has 1 fully saturated rings. The molecule has 154 valence electrons. The van der Waals surface area contributed by atoms with Gasteiger partial charge in [-0.2, -0.15) is 0 Å². The van der Waals surface area contributed by atoms with Crippen molar-refractivity contribution < 1.29 is 23.5 Å². The van der Waals surface area contributed by atoms with Gasteiger partial charge in [0.1, 0.15) is 5.75 Å². The molecule has 3 aromatic rings. The van der Waals surface area contributed by atoms with Gasteiger partial charge in [0.25, 0.3) is 5.89 Å². The van der Waals surface area contributed by atoms with E-state index in [1.807, 2.05) is 0 Å². The zero-order chi connectivity index (χ0) is 21.1. The number of halogens is 1. The minimum Gasteiger partial charge on any atom is -0.497 e. The maximum Gasteiger partial charge on any atom is 0.311 e. The summed E-state index contributed by atoms with van der Waals surface area (Å²) < 4.78 is 16.0. The van der Waals surface area contributed by atoms with Crippen LogP contribution in [0.1, 0.15) is 12.3 Å². The number of benzene rings is 2. The molecular formula is C21H18ClN3O5. The van der Waals surface area contributed by atoms with E-state index in [0.717, 1.165) is 0 Å². The van der Waals surface area contributed by atoms with Gasteiger partial charge >= 0.3 is 5.97 Å². The zero-order valence-electron chi connectivity index (χ0n) is 16.1. The molecule has 1 aliphatic heterocycles. The van der Waals surface area contributed by atoms with Gasteiger partial charge in [-0.1, -0.05) is 17.7 Å². The van der Waals surface area contributed by atoms with E-state index in [2.05, 4.69) is 10.2 Å². The molecule has 0 aliphatic carbocycles. The van der Waals surface area contributed by atoms with Crippen molar-refractivity contribution in [3.8, 4) is 17.2 Å². The van der Waals surface area contributed by atoms with Crippen LogP contribution in [0.5, 0.6) is 5.75 Å². The van der Waals surface area contributed by atoms with Crippen LogP contribution in [0.4, 0.5) is 5.69 Å². The van der Waals surface area contributed by atoms with Gasteiger partial charge in [0.05, 0.1) is 13.0 Å². The highest BCUT2D eigenvalue weighted by Crippen LogP contribution is 2.28. The maximum absolute atomic E-state index is 12.4. The minimum absolute atomic E-state index is 0.0793. The van der Waals surface area contributed by atoms with Gasteiger partial charge in [-0.05, 0) is 36.4 Å². The summed E-state index contributed by atoms with van der Waals surface area (Å²) in [6.45, 7) is 0.0773. The number of nitrogens with zero attached hydrogens (tertiary/aromatic N) is 3. The van der Waals surface area contributed by atoms with Crippen molar-refractivity contribution in [2.24, 2.45) is 5.92 Å². The number of amides is 1. The molecular weight excluding hydrogens is 410 g/mol. The van der Waals surface area contributed by atoms with E-state index in [1.54, 1.807) is 60.5 Å². The largest absolute Gasteiger partial charge is 0.497 e. The van der Waals surface area contributed by atoms with Crippen LogP contribution < -0.4 is 9.64 Å². The second-order valence-corrected chi connectivity index (χ2v) is 7.16. The molecule has 9 heteroatoms. The third-order valence-corrected chi connectivity index (χ3v) is 4.97. The number of rotatable bonds is 6. The molecule has 2 aromatic carbocycles. The van der Waals surface area contributed by atoms with E-state index >= 15 is 0 Å². The Bertz CT molecular complexity index is 1070. The number of hydrogen-bond donors (Lipinski definition) is 0. The first kappa shape index (κ1) is 19.9. The fraction of sp³-hybridized carbons (Fsp3) is 0.238. The Morgan fingerprint density at radius 1 is 1.23 bits per heavy atom. The summed E-state index contributed by atoms with van der Waals surface area (Å²) in [5, 5.41) is 8.44. The van der Waals surface area contributed by atoms with Gasteiger partial charge in [-0.15, -0.1) is 10.2 Å². The molecule has 1 aliphatic rings. The lowest BCUT2D eigenvalue weighted by molar-refractivity contribution is -0.150. The molecule has 0 radical (unpaired) electrons. The Labute approximate surface area is 177 Å². The number of ether oxygens (including phenoxy) is 2. The molecule has 2 heterocycles. The lowest BCUT2D eigenvalue weighted by Gasteiger charge is -2.17. The summed E-state index contributed by atoms with van der Waals surface area (Å²) in [4.78, 5) is 26.4. The molecule has 8 nitrogen and oxygen atoms in total. The molecule has 1 unspecified atom stereocenters. The SMILES string of the molecule is COc1cccc(N2CC(C(=O)OCc3nnc(-c4ccc(Cl)cc4)o3)CC2=O)c1. The molecule has 0 spiro atoms. The standard InChI is InChI=1S/C21H18ClN3O5/c1-28-17-4-2-3-16(10-17)25-11-14(9-19(25)26)21(27)29-12-18-23-24-20(30-18)13-5-7-15(22)8-6-13/h2-8,10,14H,9,11-12H2,1H3. The van der Waals surface area contributed by atoms with Crippen molar-refractivity contribution in [2.75, 3.05) is 18.6 Å². The summed E-state index contributed by atoms with van der Waals surface area (Å²) in [5.74, 6) is -0.0881. The third kappa shape index (κ3) is 4.28. The molecule has 0 saturated carbocycles. The van der Waals surface area contributed by atoms with E-state index in [0.29, 0.717) is 27.9 Å². The summed E-state index contributed by atoms with van der Waals surface area (Å²) in [5.41, 5.74) is 1.39. The van der Waals surface area contributed by atoms with Crippen LogP contribution in [0.3, 0.4) is 0 Å².